The third-order valence-corrected chi connectivity index (χ3v) is 5.54. The average molecular weight is 479 g/mol. The van der Waals surface area contributed by atoms with Crippen molar-refractivity contribution in [2.75, 3.05) is 18.9 Å². The van der Waals surface area contributed by atoms with Crippen LogP contribution in [0, 0.1) is 0 Å². The first-order chi connectivity index (χ1) is 17.6. The maximum Gasteiger partial charge on any atom is 0.251 e. The van der Waals surface area contributed by atoms with Gasteiger partial charge in [-0.25, -0.2) is 4.99 Å². The number of aliphatic imine (C=N–C) groups is 1. The van der Waals surface area contributed by atoms with Gasteiger partial charge in [-0.05, 0) is 66.6 Å². The zero-order valence-electron chi connectivity index (χ0n) is 20.6. The minimum Gasteiger partial charge on any atom is -0.457 e. The van der Waals surface area contributed by atoms with Crippen LogP contribution >= 0.6 is 0 Å². The van der Waals surface area contributed by atoms with E-state index >= 15 is 0 Å². The van der Waals surface area contributed by atoms with Crippen molar-refractivity contribution in [3.05, 3.63) is 121 Å². The Balaban J connectivity index is 1.55. The molecule has 0 aliphatic carbocycles. The van der Waals surface area contributed by atoms with Gasteiger partial charge >= 0.3 is 0 Å². The highest BCUT2D eigenvalue weighted by Crippen LogP contribution is 2.27. The van der Waals surface area contributed by atoms with Crippen molar-refractivity contribution < 1.29 is 9.53 Å². The lowest BCUT2D eigenvalue weighted by Crippen LogP contribution is -2.24. The van der Waals surface area contributed by atoms with Crippen LogP contribution in [0.15, 0.2) is 115 Å². The second-order valence-corrected chi connectivity index (χ2v) is 8.27. The Kier molecular flexibility index (Phi) is 7.98. The monoisotopic (exact) mass is 478 g/mol. The van der Waals surface area contributed by atoms with Crippen molar-refractivity contribution >= 4 is 23.0 Å². The summed E-state index contributed by atoms with van der Waals surface area (Å²) >= 11 is 0. The standard InChI is InChI=1S/C30H30N4O2/c1-4-19-31-30(35)23-11-9-10-22(21-23)27(5-2)29-33-28(18-20-34(29)3)32-24-14-16-26(17-15-24)36-25-12-7-6-8-13-25/h5-18,20-21H,2,4,19H2,1,3H3,(H,31,35)(H,32,33)/b29-27+. The number of carbonyl (C=O) groups excluding carboxylic acids is 1. The smallest absolute Gasteiger partial charge is 0.251 e. The lowest BCUT2D eigenvalue weighted by molar-refractivity contribution is 0.0953. The molecule has 4 rings (SSSR count). The molecule has 0 radical (unpaired) electrons. The van der Waals surface area contributed by atoms with Gasteiger partial charge in [0.05, 0.1) is 0 Å². The summed E-state index contributed by atoms with van der Waals surface area (Å²) in [4.78, 5) is 19.2. The van der Waals surface area contributed by atoms with E-state index in [1.54, 1.807) is 6.08 Å². The van der Waals surface area contributed by atoms with Crippen LogP contribution in [0.5, 0.6) is 11.5 Å². The normalized spacial score (nSPS) is 14.1. The molecule has 6 nitrogen and oxygen atoms in total. The quantitative estimate of drug-likeness (QED) is 0.391. The van der Waals surface area contributed by atoms with Crippen LogP contribution in [-0.2, 0) is 0 Å². The Labute approximate surface area is 212 Å². The molecule has 6 heteroatoms. The van der Waals surface area contributed by atoms with E-state index in [-0.39, 0.29) is 5.91 Å². The Bertz CT molecular complexity index is 1310. The first-order valence-electron chi connectivity index (χ1n) is 11.9. The van der Waals surface area contributed by atoms with E-state index < -0.39 is 0 Å². The number of amidine groups is 1. The van der Waals surface area contributed by atoms with Crippen molar-refractivity contribution in [2.45, 2.75) is 13.3 Å². The number of hydrogen-bond donors (Lipinski definition) is 2. The lowest BCUT2D eigenvalue weighted by atomic mass is 10.0. The molecule has 0 spiro atoms. The van der Waals surface area contributed by atoms with Crippen LogP contribution in [0.25, 0.3) is 5.57 Å². The van der Waals surface area contributed by atoms with Gasteiger partial charge in [-0.3, -0.25) is 4.79 Å². The van der Waals surface area contributed by atoms with E-state index in [0.717, 1.165) is 40.6 Å². The van der Waals surface area contributed by atoms with Gasteiger partial charge < -0.3 is 20.3 Å². The van der Waals surface area contributed by atoms with Crippen molar-refractivity contribution in [2.24, 2.45) is 4.99 Å². The number of ether oxygens (including phenoxy) is 1. The minimum absolute atomic E-state index is 0.0884. The molecule has 0 saturated carbocycles. The van der Waals surface area contributed by atoms with Gasteiger partial charge in [0.25, 0.3) is 5.91 Å². The van der Waals surface area contributed by atoms with E-state index in [4.69, 9.17) is 9.73 Å². The predicted octanol–water partition coefficient (Wildman–Crippen LogP) is 6.44. The van der Waals surface area contributed by atoms with Crippen LogP contribution < -0.4 is 15.4 Å². The van der Waals surface area contributed by atoms with E-state index in [2.05, 4.69) is 17.2 Å². The first kappa shape index (κ1) is 24.5. The number of carbonyl (C=O) groups is 1. The molecule has 0 fully saturated rings. The molecule has 3 aromatic carbocycles. The lowest BCUT2D eigenvalue weighted by Gasteiger charge is -2.23. The second-order valence-electron chi connectivity index (χ2n) is 8.27. The summed E-state index contributed by atoms with van der Waals surface area (Å²) in [7, 11) is 1.93. The topological polar surface area (TPSA) is 66.0 Å². The SMILES string of the molecule is C=C/C(=C1/N=C(Nc2ccc(Oc3ccccc3)cc2)C=CN1C)c1cccc(C(=O)NCCC)c1. The van der Waals surface area contributed by atoms with E-state index in [1.165, 1.54) is 0 Å². The van der Waals surface area contributed by atoms with Crippen molar-refractivity contribution in [3.8, 4) is 11.5 Å². The van der Waals surface area contributed by atoms with Crippen molar-refractivity contribution in [1.82, 2.24) is 10.2 Å². The first-order valence-corrected chi connectivity index (χ1v) is 11.9. The molecule has 0 aromatic heterocycles. The van der Waals surface area contributed by atoms with Gasteiger partial charge in [-0.2, -0.15) is 0 Å². The number of benzene rings is 3. The summed E-state index contributed by atoms with van der Waals surface area (Å²) < 4.78 is 5.87. The molecule has 36 heavy (non-hydrogen) atoms. The van der Waals surface area contributed by atoms with Crippen molar-refractivity contribution in [1.29, 1.82) is 0 Å². The number of nitrogens with one attached hydrogen (secondary N) is 2. The van der Waals surface area contributed by atoms with Crippen LogP contribution in [0.2, 0.25) is 0 Å². The molecule has 0 unspecified atom stereocenters. The molecule has 1 amide bonds. The van der Waals surface area contributed by atoms with Gasteiger partial charge in [0.2, 0.25) is 0 Å². The fourth-order valence-corrected chi connectivity index (χ4v) is 3.69. The molecule has 0 saturated heterocycles. The fraction of sp³-hybridized carbons (Fsp3) is 0.133. The third kappa shape index (κ3) is 6.10. The van der Waals surface area contributed by atoms with E-state index in [9.17, 15) is 4.79 Å². The molecule has 0 atom stereocenters. The number of hydrogen-bond acceptors (Lipinski definition) is 5. The largest absolute Gasteiger partial charge is 0.457 e. The molecule has 1 aliphatic heterocycles. The van der Waals surface area contributed by atoms with Crippen LogP contribution in [-0.4, -0.2) is 30.2 Å². The molecule has 3 aromatic rings. The Morgan fingerprint density at radius 2 is 1.72 bits per heavy atom. The maximum absolute atomic E-state index is 12.5. The number of para-hydroxylation sites is 1. The van der Waals surface area contributed by atoms with E-state index in [0.29, 0.717) is 17.9 Å². The van der Waals surface area contributed by atoms with Crippen LogP contribution in [0.3, 0.4) is 0 Å². The minimum atomic E-state index is -0.0884. The molecule has 0 bridgehead atoms. The van der Waals surface area contributed by atoms with Crippen molar-refractivity contribution in [3.63, 3.8) is 0 Å². The highest BCUT2D eigenvalue weighted by atomic mass is 16.5. The van der Waals surface area contributed by atoms with Gasteiger partial charge in [0, 0.05) is 36.6 Å². The summed E-state index contributed by atoms with van der Waals surface area (Å²) in [6.07, 6.45) is 6.51. The molecule has 182 valence electrons. The summed E-state index contributed by atoms with van der Waals surface area (Å²) in [5.41, 5.74) is 3.20. The number of nitrogens with zero attached hydrogens (tertiary/aromatic N) is 2. The van der Waals surface area contributed by atoms with Gasteiger partial charge in [-0.15, -0.1) is 0 Å². The van der Waals surface area contributed by atoms with Crippen LogP contribution in [0.1, 0.15) is 29.3 Å². The highest BCUT2D eigenvalue weighted by Gasteiger charge is 2.16. The summed E-state index contributed by atoms with van der Waals surface area (Å²) in [6, 6.07) is 24.9. The third-order valence-electron chi connectivity index (χ3n) is 5.54. The Morgan fingerprint density at radius 3 is 2.44 bits per heavy atom. The second kappa shape index (κ2) is 11.7. The zero-order chi connectivity index (χ0) is 25.3. The van der Waals surface area contributed by atoms with E-state index in [1.807, 2.05) is 110 Å². The number of allylic oxidation sites excluding steroid dienone is 2. The molecular formula is C30H30N4O2. The molecule has 2 N–H and O–H groups in total. The van der Waals surface area contributed by atoms with Gasteiger partial charge in [-0.1, -0.05) is 49.9 Å². The number of rotatable bonds is 8. The number of amides is 1. The maximum atomic E-state index is 12.5. The molecule has 1 heterocycles. The zero-order valence-corrected chi connectivity index (χ0v) is 20.6. The molecular weight excluding hydrogens is 448 g/mol. The average Bonchev–Trinajstić information content (AvgIpc) is 2.91. The van der Waals surface area contributed by atoms with Gasteiger partial charge in [0.1, 0.15) is 23.2 Å². The Hall–Kier alpha value is -4.58. The van der Waals surface area contributed by atoms with Gasteiger partial charge in [0.15, 0.2) is 0 Å². The predicted molar refractivity (Wildman–Crippen MR) is 147 cm³/mol. The fourth-order valence-electron chi connectivity index (χ4n) is 3.69. The molecule has 1 aliphatic rings. The summed E-state index contributed by atoms with van der Waals surface area (Å²) in [5, 5.41) is 6.28. The summed E-state index contributed by atoms with van der Waals surface area (Å²) in [5.74, 6) is 2.88. The Morgan fingerprint density at radius 1 is 1.00 bits per heavy atom. The number of anilines is 1. The van der Waals surface area contributed by atoms with Crippen LogP contribution in [0.4, 0.5) is 5.69 Å². The highest BCUT2D eigenvalue weighted by molar-refractivity contribution is 6.05. The summed E-state index contributed by atoms with van der Waals surface area (Å²) in [6.45, 7) is 6.68.